The first kappa shape index (κ1) is 16.6. The molecular weight excluding hydrogens is 324 g/mol. The summed E-state index contributed by atoms with van der Waals surface area (Å²) >= 11 is 0. The number of hydrogen-bond acceptors (Lipinski definition) is 6. The second-order valence-corrected chi connectivity index (χ2v) is 5.36. The molecule has 0 bridgehead atoms. The fraction of sp³-hybridized carbons (Fsp3) is 0.222. The van der Waals surface area contributed by atoms with E-state index in [2.05, 4.69) is 15.4 Å². The van der Waals surface area contributed by atoms with Gasteiger partial charge in [0, 0.05) is 30.4 Å². The summed E-state index contributed by atoms with van der Waals surface area (Å²) in [6.45, 7) is 0.710. The summed E-state index contributed by atoms with van der Waals surface area (Å²) in [6, 6.07) is 12.1. The van der Waals surface area contributed by atoms with Gasteiger partial charge in [0.2, 0.25) is 12.7 Å². The number of amides is 1. The van der Waals surface area contributed by atoms with Crippen LogP contribution in [0.2, 0.25) is 0 Å². The summed E-state index contributed by atoms with van der Waals surface area (Å²) in [5.41, 5.74) is 1.92. The Morgan fingerprint density at radius 3 is 2.52 bits per heavy atom. The Kier molecular flexibility index (Phi) is 5.03. The summed E-state index contributed by atoms with van der Waals surface area (Å²) in [6.07, 6.45) is 0.299. The highest BCUT2D eigenvalue weighted by atomic mass is 16.7. The van der Waals surface area contributed by atoms with Gasteiger partial charge < -0.3 is 24.8 Å². The normalized spacial score (nSPS) is 11.7. The Morgan fingerprint density at radius 1 is 1.04 bits per heavy atom. The summed E-state index contributed by atoms with van der Waals surface area (Å²) in [5, 5.41) is 5.94. The van der Waals surface area contributed by atoms with Crippen LogP contribution in [0.5, 0.6) is 11.5 Å². The minimum absolute atomic E-state index is 0.126. The molecule has 7 heteroatoms. The van der Waals surface area contributed by atoms with Crippen LogP contribution in [0, 0.1) is 0 Å². The molecule has 0 spiro atoms. The Labute approximate surface area is 144 Å². The van der Waals surface area contributed by atoms with E-state index in [0.29, 0.717) is 30.0 Å². The summed E-state index contributed by atoms with van der Waals surface area (Å²) in [5.74, 6) is 0.878. The molecule has 0 aliphatic carbocycles. The van der Waals surface area contributed by atoms with E-state index in [9.17, 15) is 9.59 Å². The maximum atomic E-state index is 12.0. The minimum atomic E-state index is -0.411. The van der Waals surface area contributed by atoms with Crippen LogP contribution in [0.1, 0.15) is 16.8 Å². The lowest BCUT2D eigenvalue weighted by Crippen LogP contribution is -2.16. The zero-order valence-electron chi connectivity index (χ0n) is 13.7. The molecule has 0 saturated heterocycles. The molecule has 1 aliphatic rings. The van der Waals surface area contributed by atoms with Crippen molar-refractivity contribution in [3.63, 3.8) is 0 Å². The largest absolute Gasteiger partial charge is 0.465 e. The Balaban J connectivity index is 1.46. The number of methoxy groups -OCH3 is 1. The zero-order valence-corrected chi connectivity index (χ0v) is 13.7. The number of carbonyl (C=O) groups is 2. The first-order valence-electron chi connectivity index (χ1n) is 7.77. The van der Waals surface area contributed by atoms with Crippen molar-refractivity contribution >= 4 is 23.3 Å². The number of hydrogen-bond donors (Lipinski definition) is 2. The van der Waals surface area contributed by atoms with Crippen LogP contribution in [0.15, 0.2) is 42.5 Å². The van der Waals surface area contributed by atoms with Gasteiger partial charge in [-0.05, 0) is 36.4 Å². The Morgan fingerprint density at radius 2 is 1.76 bits per heavy atom. The average molecular weight is 342 g/mol. The second-order valence-electron chi connectivity index (χ2n) is 5.36. The van der Waals surface area contributed by atoms with E-state index in [1.165, 1.54) is 7.11 Å². The van der Waals surface area contributed by atoms with E-state index in [-0.39, 0.29) is 12.7 Å². The number of esters is 1. The Hall–Kier alpha value is -3.22. The average Bonchev–Trinajstić information content (AvgIpc) is 3.09. The molecule has 0 fully saturated rings. The lowest BCUT2D eigenvalue weighted by atomic mass is 10.2. The molecule has 2 aromatic rings. The first-order valence-corrected chi connectivity index (χ1v) is 7.77. The fourth-order valence-corrected chi connectivity index (χ4v) is 2.36. The third-order valence-corrected chi connectivity index (χ3v) is 3.64. The summed E-state index contributed by atoms with van der Waals surface area (Å²) in [7, 11) is 1.32. The number of anilines is 2. The number of fused-ring (bicyclic) bond motifs is 1. The van der Waals surface area contributed by atoms with Gasteiger partial charge in [0.25, 0.3) is 0 Å². The molecule has 2 N–H and O–H groups in total. The van der Waals surface area contributed by atoms with Crippen LogP contribution in [0.4, 0.5) is 11.4 Å². The van der Waals surface area contributed by atoms with Crippen LogP contribution in [0.3, 0.4) is 0 Å². The van der Waals surface area contributed by atoms with Crippen molar-refractivity contribution in [2.45, 2.75) is 6.42 Å². The molecule has 130 valence electrons. The minimum Gasteiger partial charge on any atom is -0.465 e. The summed E-state index contributed by atoms with van der Waals surface area (Å²) in [4.78, 5) is 23.3. The number of benzene rings is 2. The van der Waals surface area contributed by atoms with Crippen LogP contribution < -0.4 is 20.1 Å². The molecule has 25 heavy (non-hydrogen) atoms. The molecule has 1 heterocycles. The topological polar surface area (TPSA) is 85.9 Å². The van der Waals surface area contributed by atoms with Crippen LogP contribution in [-0.4, -0.2) is 32.3 Å². The maximum absolute atomic E-state index is 12.0. The lowest BCUT2D eigenvalue weighted by Gasteiger charge is -2.08. The van der Waals surface area contributed by atoms with Gasteiger partial charge in [0.15, 0.2) is 11.5 Å². The van der Waals surface area contributed by atoms with Gasteiger partial charge in [0.1, 0.15) is 0 Å². The van der Waals surface area contributed by atoms with Crippen molar-refractivity contribution in [1.29, 1.82) is 0 Å². The SMILES string of the molecule is COC(=O)c1ccc(NC(=O)CCNc2ccc3c(c2)OCO3)cc1. The number of nitrogens with one attached hydrogen (secondary N) is 2. The molecule has 0 saturated carbocycles. The molecule has 0 atom stereocenters. The smallest absolute Gasteiger partial charge is 0.337 e. The van der Waals surface area contributed by atoms with Crippen molar-refractivity contribution in [2.24, 2.45) is 0 Å². The first-order chi connectivity index (χ1) is 12.2. The zero-order chi connectivity index (χ0) is 17.6. The fourth-order valence-electron chi connectivity index (χ4n) is 2.36. The highest BCUT2D eigenvalue weighted by Crippen LogP contribution is 2.34. The van der Waals surface area contributed by atoms with E-state index in [0.717, 1.165) is 11.4 Å². The van der Waals surface area contributed by atoms with Gasteiger partial charge >= 0.3 is 5.97 Å². The molecule has 1 aliphatic heterocycles. The maximum Gasteiger partial charge on any atom is 0.337 e. The van der Waals surface area contributed by atoms with Gasteiger partial charge in [0.05, 0.1) is 12.7 Å². The molecule has 2 aromatic carbocycles. The number of rotatable bonds is 6. The second kappa shape index (κ2) is 7.57. The molecule has 0 radical (unpaired) electrons. The van der Waals surface area contributed by atoms with E-state index in [1.807, 2.05) is 18.2 Å². The monoisotopic (exact) mass is 342 g/mol. The van der Waals surface area contributed by atoms with Gasteiger partial charge in [-0.25, -0.2) is 4.79 Å². The molecule has 1 amide bonds. The van der Waals surface area contributed by atoms with Gasteiger partial charge in [-0.2, -0.15) is 0 Å². The van der Waals surface area contributed by atoms with Crippen LogP contribution in [-0.2, 0) is 9.53 Å². The van der Waals surface area contributed by atoms with Crippen molar-refractivity contribution in [1.82, 2.24) is 0 Å². The quantitative estimate of drug-likeness (QED) is 0.785. The van der Waals surface area contributed by atoms with Crippen LogP contribution in [0.25, 0.3) is 0 Å². The predicted octanol–water partition coefficient (Wildman–Crippen LogP) is 2.64. The predicted molar refractivity (Wildman–Crippen MR) is 92.1 cm³/mol. The van der Waals surface area contributed by atoms with Crippen molar-refractivity contribution in [3.8, 4) is 11.5 Å². The third kappa shape index (κ3) is 4.20. The van der Waals surface area contributed by atoms with E-state index in [4.69, 9.17) is 9.47 Å². The third-order valence-electron chi connectivity index (χ3n) is 3.64. The Bertz CT molecular complexity index is 774. The van der Waals surface area contributed by atoms with Crippen molar-refractivity contribution in [3.05, 3.63) is 48.0 Å². The number of carbonyl (C=O) groups excluding carboxylic acids is 2. The van der Waals surface area contributed by atoms with E-state index < -0.39 is 5.97 Å². The van der Waals surface area contributed by atoms with Gasteiger partial charge in [-0.1, -0.05) is 0 Å². The number of ether oxygens (including phenoxy) is 3. The highest BCUT2D eigenvalue weighted by Gasteiger charge is 2.13. The van der Waals surface area contributed by atoms with Crippen LogP contribution >= 0.6 is 0 Å². The van der Waals surface area contributed by atoms with E-state index >= 15 is 0 Å². The van der Waals surface area contributed by atoms with E-state index in [1.54, 1.807) is 24.3 Å². The molecule has 0 unspecified atom stereocenters. The molecule has 0 aromatic heterocycles. The molecule has 3 rings (SSSR count). The van der Waals surface area contributed by atoms with Gasteiger partial charge in [-0.3, -0.25) is 4.79 Å². The molecular formula is C18H18N2O5. The lowest BCUT2D eigenvalue weighted by molar-refractivity contribution is -0.115. The highest BCUT2D eigenvalue weighted by molar-refractivity contribution is 5.93. The summed E-state index contributed by atoms with van der Waals surface area (Å²) < 4.78 is 15.2. The van der Waals surface area contributed by atoms with Gasteiger partial charge in [-0.15, -0.1) is 0 Å². The van der Waals surface area contributed by atoms with Crippen molar-refractivity contribution in [2.75, 3.05) is 31.1 Å². The standard InChI is InChI=1S/C18H18N2O5/c1-23-18(22)12-2-4-13(5-3-12)20-17(21)8-9-19-14-6-7-15-16(10-14)25-11-24-15/h2-7,10,19H,8-9,11H2,1H3,(H,20,21). The van der Waals surface area contributed by atoms with Crippen molar-refractivity contribution < 1.29 is 23.8 Å². The molecule has 7 nitrogen and oxygen atoms in total.